The molecular formula is C11H22N2O2. The molecule has 4 nitrogen and oxygen atoms in total. The number of nitrogens with zero attached hydrogens (tertiary/aromatic N) is 1. The van der Waals surface area contributed by atoms with Crippen LogP contribution < -0.4 is 5.73 Å². The fraction of sp³-hybridized carbons (Fsp3) is 0.909. The van der Waals surface area contributed by atoms with Gasteiger partial charge in [-0.15, -0.1) is 0 Å². The molecule has 0 aromatic rings. The van der Waals surface area contributed by atoms with Gasteiger partial charge in [-0.1, -0.05) is 12.8 Å². The smallest absolute Gasteiger partial charge is 0.224 e. The van der Waals surface area contributed by atoms with E-state index in [0.717, 1.165) is 12.8 Å². The molecule has 1 aliphatic rings. The molecule has 0 unspecified atom stereocenters. The van der Waals surface area contributed by atoms with Crippen LogP contribution in [0.4, 0.5) is 0 Å². The summed E-state index contributed by atoms with van der Waals surface area (Å²) in [5.41, 5.74) is 5.99. The SMILES string of the molecule is CN(C)C(=O)CCOCC1(N)CCCC1. The molecule has 0 radical (unpaired) electrons. The molecule has 0 heterocycles. The lowest BCUT2D eigenvalue weighted by Gasteiger charge is -2.23. The average Bonchev–Trinajstić information content (AvgIpc) is 2.60. The van der Waals surface area contributed by atoms with Crippen LogP contribution in [0.3, 0.4) is 0 Å². The summed E-state index contributed by atoms with van der Waals surface area (Å²) in [6, 6.07) is 0. The summed E-state index contributed by atoms with van der Waals surface area (Å²) < 4.78 is 5.47. The lowest BCUT2D eigenvalue weighted by molar-refractivity contribution is -0.129. The number of carbonyl (C=O) groups is 1. The maximum Gasteiger partial charge on any atom is 0.224 e. The van der Waals surface area contributed by atoms with Crippen molar-refractivity contribution in [2.45, 2.75) is 37.6 Å². The molecule has 1 aliphatic carbocycles. The number of amides is 1. The maximum atomic E-state index is 11.2. The van der Waals surface area contributed by atoms with Gasteiger partial charge in [-0.05, 0) is 12.8 Å². The fourth-order valence-corrected chi connectivity index (χ4v) is 1.88. The van der Waals surface area contributed by atoms with Crippen molar-refractivity contribution in [2.75, 3.05) is 27.3 Å². The second kappa shape index (κ2) is 5.47. The molecule has 1 fully saturated rings. The van der Waals surface area contributed by atoms with Crippen molar-refractivity contribution < 1.29 is 9.53 Å². The zero-order valence-corrected chi connectivity index (χ0v) is 9.79. The van der Waals surface area contributed by atoms with E-state index in [0.29, 0.717) is 19.6 Å². The lowest BCUT2D eigenvalue weighted by atomic mass is 10.0. The summed E-state index contributed by atoms with van der Waals surface area (Å²) in [4.78, 5) is 12.8. The van der Waals surface area contributed by atoms with Crippen LogP contribution in [0.1, 0.15) is 32.1 Å². The Balaban J connectivity index is 2.08. The molecule has 4 heteroatoms. The van der Waals surface area contributed by atoms with E-state index in [1.807, 2.05) is 0 Å². The zero-order chi connectivity index (χ0) is 11.3. The van der Waals surface area contributed by atoms with Gasteiger partial charge in [0.1, 0.15) is 0 Å². The molecule has 88 valence electrons. The average molecular weight is 214 g/mol. The van der Waals surface area contributed by atoms with Crippen LogP contribution in [0.25, 0.3) is 0 Å². The molecule has 0 aromatic carbocycles. The predicted molar refractivity (Wildman–Crippen MR) is 59.5 cm³/mol. The highest BCUT2D eigenvalue weighted by Gasteiger charge is 2.29. The molecule has 0 saturated heterocycles. The van der Waals surface area contributed by atoms with Gasteiger partial charge in [0.05, 0.1) is 19.6 Å². The molecule has 2 N–H and O–H groups in total. The third kappa shape index (κ3) is 4.18. The van der Waals surface area contributed by atoms with E-state index in [2.05, 4.69) is 0 Å². The first kappa shape index (κ1) is 12.5. The van der Waals surface area contributed by atoms with Crippen LogP contribution in [-0.4, -0.2) is 43.7 Å². The highest BCUT2D eigenvalue weighted by atomic mass is 16.5. The second-order valence-corrected chi connectivity index (χ2v) is 4.66. The van der Waals surface area contributed by atoms with Crippen LogP contribution in [0.5, 0.6) is 0 Å². The van der Waals surface area contributed by atoms with Crippen LogP contribution in [-0.2, 0) is 9.53 Å². The molecule has 0 atom stereocenters. The maximum absolute atomic E-state index is 11.2. The van der Waals surface area contributed by atoms with Crippen LogP contribution >= 0.6 is 0 Å². The van der Waals surface area contributed by atoms with Gasteiger partial charge in [0.15, 0.2) is 0 Å². The van der Waals surface area contributed by atoms with Gasteiger partial charge in [-0.2, -0.15) is 0 Å². The first-order chi connectivity index (χ1) is 7.03. The van der Waals surface area contributed by atoms with E-state index < -0.39 is 0 Å². The van der Waals surface area contributed by atoms with Gasteiger partial charge >= 0.3 is 0 Å². The van der Waals surface area contributed by atoms with Crippen molar-refractivity contribution in [2.24, 2.45) is 5.73 Å². The fourth-order valence-electron chi connectivity index (χ4n) is 1.88. The Hall–Kier alpha value is -0.610. The van der Waals surface area contributed by atoms with Crippen molar-refractivity contribution >= 4 is 5.91 Å². The van der Waals surface area contributed by atoms with Gasteiger partial charge in [0.2, 0.25) is 5.91 Å². The quantitative estimate of drug-likeness (QED) is 0.687. The Morgan fingerprint density at radius 2 is 2.00 bits per heavy atom. The van der Waals surface area contributed by atoms with E-state index in [1.165, 1.54) is 12.8 Å². The van der Waals surface area contributed by atoms with Crippen LogP contribution in [0.15, 0.2) is 0 Å². The van der Waals surface area contributed by atoms with Gasteiger partial charge in [0.25, 0.3) is 0 Å². The van der Waals surface area contributed by atoms with Crippen molar-refractivity contribution in [1.29, 1.82) is 0 Å². The summed E-state index contributed by atoms with van der Waals surface area (Å²) in [6.45, 7) is 1.07. The summed E-state index contributed by atoms with van der Waals surface area (Å²) in [7, 11) is 3.51. The Bertz CT molecular complexity index is 211. The molecule has 0 aromatic heterocycles. The highest BCUT2D eigenvalue weighted by Crippen LogP contribution is 2.27. The topological polar surface area (TPSA) is 55.6 Å². The largest absolute Gasteiger partial charge is 0.379 e. The molecule has 1 rings (SSSR count). The van der Waals surface area contributed by atoms with Crippen LogP contribution in [0, 0.1) is 0 Å². The standard InChI is InChI=1S/C11H22N2O2/c1-13(2)10(14)5-8-15-9-11(12)6-3-4-7-11/h3-9,12H2,1-2H3. The van der Waals surface area contributed by atoms with Gasteiger partial charge in [-0.25, -0.2) is 0 Å². The molecule has 15 heavy (non-hydrogen) atoms. The van der Waals surface area contributed by atoms with Gasteiger partial charge < -0.3 is 15.4 Å². The van der Waals surface area contributed by atoms with Crippen molar-refractivity contribution in [3.63, 3.8) is 0 Å². The minimum atomic E-state index is -0.124. The number of carbonyl (C=O) groups excluding carboxylic acids is 1. The van der Waals surface area contributed by atoms with Gasteiger partial charge in [0, 0.05) is 19.6 Å². The normalized spacial score (nSPS) is 19.1. The second-order valence-electron chi connectivity index (χ2n) is 4.66. The molecule has 1 saturated carbocycles. The molecule has 0 bridgehead atoms. The van der Waals surface area contributed by atoms with E-state index in [1.54, 1.807) is 19.0 Å². The van der Waals surface area contributed by atoms with E-state index in [9.17, 15) is 4.79 Å². The number of ether oxygens (including phenoxy) is 1. The Morgan fingerprint density at radius 1 is 1.40 bits per heavy atom. The van der Waals surface area contributed by atoms with E-state index >= 15 is 0 Å². The summed E-state index contributed by atoms with van der Waals surface area (Å²) in [5.74, 6) is 0.104. The lowest BCUT2D eigenvalue weighted by Crippen LogP contribution is -2.41. The van der Waals surface area contributed by atoms with E-state index in [-0.39, 0.29) is 11.4 Å². The summed E-state index contributed by atoms with van der Waals surface area (Å²) >= 11 is 0. The van der Waals surface area contributed by atoms with Crippen LogP contribution in [0.2, 0.25) is 0 Å². The highest BCUT2D eigenvalue weighted by molar-refractivity contribution is 5.75. The monoisotopic (exact) mass is 214 g/mol. The van der Waals surface area contributed by atoms with Crippen molar-refractivity contribution in [3.8, 4) is 0 Å². The summed E-state index contributed by atoms with van der Waals surface area (Å²) in [5, 5.41) is 0. The Labute approximate surface area is 91.8 Å². The number of hydrogen-bond acceptors (Lipinski definition) is 3. The third-order valence-electron chi connectivity index (χ3n) is 2.95. The zero-order valence-electron chi connectivity index (χ0n) is 9.79. The minimum Gasteiger partial charge on any atom is -0.379 e. The van der Waals surface area contributed by atoms with Crippen molar-refractivity contribution in [3.05, 3.63) is 0 Å². The Kier molecular flexibility index (Phi) is 4.54. The van der Waals surface area contributed by atoms with Gasteiger partial charge in [-0.3, -0.25) is 4.79 Å². The molecule has 0 aliphatic heterocycles. The van der Waals surface area contributed by atoms with Crippen molar-refractivity contribution in [1.82, 2.24) is 4.90 Å². The minimum absolute atomic E-state index is 0.104. The number of hydrogen-bond donors (Lipinski definition) is 1. The number of nitrogens with two attached hydrogens (primary N) is 1. The first-order valence-electron chi connectivity index (χ1n) is 5.60. The third-order valence-corrected chi connectivity index (χ3v) is 2.95. The Morgan fingerprint density at radius 3 is 2.53 bits per heavy atom. The predicted octanol–water partition coefficient (Wildman–Crippen LogP) is 0.753. The summed E-state index contributed by atoms with van der Waals surface area (Å²) in [6.07, 6.45) is 4.96. The van der Waals surface area contributed by atoms with E-state index in [4.69, 9.17) is 10.5 Å². The molecule has 1 amide bonds. The number of rotatable bonds is 5. The molecule has 0 spiro atoms. The molecular weight excluding hydrogens is 192 g/mol. The first-order valence-corrected chi connectivity index (χ1v) is 5.60.